The molecule has 0 amide bonds. The molecule has 5 heteroatoms. The molecule has 0 aliphatic heterocycles. The van der Waals surface area contributed by atoms with E-state index >= 15 is 0 Å². The van der Waals surface area contributed by atoms with E-state index in [0.717, 1.165) is 0 Å². The highest BCUT2D eigenvalue weighted by Gasteiger charge is 2.07. The molecule has 0 N–H and O–H groups in total. The second-order valence-corrected chi connectivity index (χ2v) is 4.57. The van der Waals surface area contributed by atoms with Gasteiger partial charge >= 0.3 is 5.97 Å². The van der Waals surface area contributed by atoms with Gasteiger partial charge in [-0.15, -0.1) is 0 Å². The lowest BCUT2D eigenvalue weighted by molar-refractivity contribution is 0.0487. The summed E-state index contributed by atoms with van der Waals surface area (Å²) in [6.45, 7) is 5.03. The predicted molar refractivity (Wildman–Crippen MR) is 70.8 cm³/mol. The van der Waals surface area contributed by atoms with Crippen LogP contribution in [-0.2, 0) is 11.3 Å². The molecule has 0 unspecified atom stereocenters. The van der Waals surface area contributed by atoms with Gasteiger partial charge in [-0.1, -0.05) is 26.0 Å². The fraction of sp³-hybridized carbons (Fsp3) is 0.357. The summed E-state index contributed by atoms with van der Waals surface area (Å²) in [6.07, 6.45) is 3.04. The first-order valence-corrected chi connectivity index (χ1v) is 6.26. The Bertz CT molecular complexity index is 518. The molecule has 0 saturated carbocycles. The minimum atomic E-state index is -0.310. The monoisotopic (exact) mass is 259 g/mol. The number of benzene rings is 1. The Morgan fingerprint density at radius 1 is 1.32 bits per heavy atom. The van der Waals surface area contributed by atoms with Gasteiger partial charge in [0.2, 0.25) is 0 Å². The van der Waals surface area contributed by atoms with Crippen LogP contribution in [0.3, 0.4) is 0 Å². The van der Waals surface area contributed by atoms with E-state index in [2.05, 4.69) is 23.9 Å². The van der Waals surface area contributed by atoms with Gasteiger partial charge in [-0.25, -0.2) is 14.5 Å². The summed E-state index contributed by atoms with van der Waals surface area (Å²) in [7, 11) is 0. The molecule has 0 spiro atoms. The first-order chi connectivity index (χ1) is 9.16. The normalized spacial score (nSPS) is 10.7. The van der Waals surface area contributed by atoms with Crippen molar-refractivity contribution in [2.45, 2.75) is 26.3 Å². The van der Waals surface area contributed by atoms with Gasteiger partial charge < -0.3 is 4.74 Å². The van der Waals surface area contributed by atoms with Crippen molar-refractivity contribution in [3.05, 3.63) is 48.0 Å². The molecule has 0 fully saturated rings. The van der Waals surface area contributed by atoms with E-state index in [4.69, 9.17) is 4.74 Å². The smallest absolute Gasteiger partial charge is 0.338 e. The maximum atomic E-state index is 11.8. The van der Waals surface area contributed by atoms with Gasteiger partial charge in [0.05, 0.1) is 12.1 Å². The fourth-order valence-corrected chi connectivity index (χ4v) is 1.67. The molecule has 19 heavy (non-hydrogen) atoms. The maximum absolute atomic E-state index is 11.8. The predicted octanol–water partition coefficient (Wildman–Crippen LogP) is 2.26. The van der Waals surface area contributed by atoms with Crippen molar-refractivity contribution in [3.8, 4) is 0 Å². The summed E-state index contributed by atoms with van der Waals surface area (Å²) in [5.74, 6) is 0.146. The first-order valence-electron chi connectivity index (χ1n) is 6.26. The van der Waals surface area contributed by atoms with E-state index in [1.54, 1.807) is 23.1 Å². The number of hydrogen-bond donors (Lipinski definition) is 0. The number of esters is 1. The van der Waals surface area contributed by atoms with Crippen molar-refractivity contribution >= 4 is 5.97 Å². The lowest BCUT2D eigenvalue weighted by Crippen LogP contribution is -2.11. The van der Waals surface area contributed by atoms with E-state index in [-0.39, 0.29) is 12.6 Å². The minimum absolute atomic E-state index is 0.286. The van der Waals surface area contributed by atoms with Crippen LogP contribution in [0.2, 0.25) is 0 Å². The number of carbonyl (C=O) groups is 1. The third-order valence-corrected chi connectivity index (χ3v) is 2.83. The number of hydrogen-bond acceptors (Lipinski definition) is 4. The molecular weight excluding hydrogens is 242 g/mol. The lowest BCUT2D eigenvalue weighted by atomic mass is 10.0. The molecular formula is C14H17N3O2. The van der Waals surface area contributed by atoms with Crippen molar-refractivity contribution in [1.82, 2.24) is 14.8 Å². The van der Waals surface area contributed by atoms with Gasteiger partial charge in [-0.3, -0.25) is 0 Å². The molecule has 0 aliphatic rings. The molecule has 0 radical (unpaired) electrons. The molecule has 1 aromatic carbocycles. The van der Waals surface area contributed by atoms with E-state index in [9.17, 15) is 4.79 Å². The van der Waals surface area contributed by atoms with Crippen molar-refractivity contribution in [2.75, 3.05) is 6.61 Å². The van der Waals surface area contributed by atoms with E-state index in [1.165, 1.54) is 11.9 Å². The van der Waals surface area contributed by atoms with Crippen LogP contribution in [0.15, 0.2) is 36.9 Å². The zero-order chi connectivity index (χ0) is 13.7. The highest BCUT2D eigenvalue weighted by Crippen LogP contribution is 2.15. The van der Waals surface area contributed by atoms with Crippen LogP contribution < -0.4 is 0 Å². The first kappa shape index (κ1) is 13.3. The number of rotatable bonds is 5. The number of carbonyl (C=O) groups excluding carboxylic acids is 1. The average molecular weight is 259 g/mol. The Balaban J connectivity index is 1.85. The molecule has 0 saturated heterocycles. The minimum Gasteiger partial charge on any atom is -0.460 e. The van der Waals surface area contributed by atoms with Gasteiger partial charge in [0.15, 0.2) is 0 Å². The van der Waals surface area contributed by atoms with Gasteiger partial charge in [-0.05, 0) is 23.6 Å². The third-order valence-electron chi connectivity index (χ3n) is 2.83. The van der Waals surface area contributed by atoms with Crippen LogP contribution in [0.1, 0.15) is 35.7 Å². The van der Waals surface area contributed by atoms with Crippen molar-refractivity contribution in [1.29, 1.82) is 0 Å². The third kappa shape index (κ3) is 3.64. The zero-order valence-corrected chi connectivity index (χ0v) is 11.1. The summed E-state index contributed by atoms with van der Waals surface area (Å²) in [6, 6.07) is 7.51. The molecule has 0 bridgehead atoms. The van der Waals surface area contributed by atoms with Crippen LogP contribution in [-0.4, -0.2) is 27.3 Å². The summed E-state index contributed by atoms with van der Waals surface area (Å²) in [4.78, 5) is 15.6. The molecule has 0 aliphatic carbocycles. The number of ether oxygens (including phenoxy) is 1. The van der Waals surface area contributed by atoms with Gasteiger partial charge in [0, 0.05) is 0 Å². The van der Waals surface area contributed by atoms with Crippen LogP contribution >= 0.6 is 0 Å². The van der Waals surface area contributed by atoms with E-state index in [0.29, 0.717) is 18.0 Å². The van der Waals surface area contributed by atoms with E-state index < -0.39 is 0 Å². The van der Waals surface area contributed by atoms with E-state index in [1.807, 2.05) is 12.1 Å². The van der Waals surface area contributed by atoms with Crippen molar-refractivity contribution in [3.63, 3.8) is 0 Å². The second-order valence-electron chi connectivity index (χ2n) is 4.57. The van der Waals surface area contributed by atoms with Crippen molar-refractivity contribution in [2.24, 2.45) is 0 Å². The highest BCUT2D eigenvalue weighted by molar-refractivity contribution is 5.89. The summed E-state index contributed by atoms with van der Waals surface area (Å²) in [5, 5.41) is 3.93. The fourth-order valence-electron chi connectivity index (χ4n) is 1.67. The standard InChI is InChI=1S/C14H17N3O2/c1-11(2)12-3-5-13(6-4-12)14(18)19-8-7-17-10-15-9-16-17/h3-6,9-11H,7-8H2,1-2H3. The van der Waals surface area contributed by atoms with Gasteiger partial charge in [-0.2, -0.15) is 5.10 Å². The Labute approximate surface area is 112 Å². The maximum Gasteiger partial charge on any atom is 0.338 e. The molecule has 2 rings (SSSR count). The Morgan fingerprint density at radius 3 is 2.63 bits per heavy atom. The molecule has 2 aromatic rings. The van der Waals surface area contributed by atoms with Gasteiger partial charge in [0.25, 0.3) is 0 Å². The second kappa shape index (κ2) is 6.13. The summed E-state index contributed by atoms with van der Waals surface area (Å²) < 4.78 is 6.79. The SMILES string of the molecule is CC(C)c1ccc(C(=O)OCCn2cncn2)cc1. The molecule has 100 valence electrons. The van der Waals surface area contributed by atoms with Crippen LogP contribution in [0, 0.1) is 0 Å². The number of nitrogens with zero attached hydrogens (tertiary/aromatic N) is 3. The Kier molecular flexibility index (Phi) is 4.28. The topological polar surface area (TPSA) is 57.0 Å². The van der Waals surface area contributed by atoms with Crippen LogP contribution in [0.5, 0.6) is 0 Å². The van der Waals surface area contributed by atoms with Crippen LogP contribution in [0.25, 0.3) is 0 Å². The molecule has 0 atom stereocenters. The highest BCUT2D eigenvalue weighted by atomic mass is 16.5. The molecule has 1 heterocycles. The van der Waals surface area contributed by atoms with Crippen molar-refractivity contribution < 1.29 is 9.53 Å². The number of aromatic nitrogens is 3. The molecule has 5 nitrogen and oxygen atoms in total. The Hall–Kier alpha value is -2.17. The Morgan fingerprint density at radius 2 is 2.05 bits per heavy atom. The lowest BCUT2D eigenvalue weighted by Gasteiger charge is -2.07. The summed E-state index contributed by atoms with van der Waals surface area (Å²) in [5.41, 5.74) is 1.78. The average Bonchev–Trinajstić information content (AvgIpc) is 2.92. The molecule has 1 aromatic heterocycles. The largest absolute Gasteiger partial charge is 0.460 e. The summed E-state index contributed by atoms with van der Waals surface area (Å²) >= 11 is 0. The quantitative estimate of drug-likeness (QED) is 0.773. The van der Waals surface area contributed by atoms with Gasteiger partial charge in [0.1, 0.15) is 19.3 Å². The zero-order valence-electron chi connectivity index (χ0n) is 11.1. The van der Waals surface area contributed by atoms with Crippen LogP contribution in [0.4, 0.5) is 0 Å².